The molecule has 2 N–H and O–H groups in total. The lowest BCUT2D eigenvalue weighted by molar-refractivity contribution is -0.129. The van der Waals surface area contributed by atoms with Crippen LogP contribution in [0.5, 0.6) is 5.75 Å². The molecular weight excluding hydrogens is 382 g/mol. The van der Waals surface area contributed by atoms with Crippen molar-refractivity contribution in [2.45, 2.75) is 13.0 Å². The second-order valence-electron chi connectivity index (χ2n) is 6.10. The molecule has 0 bridgehead atoms. The van der Waals surface area contributed by atoms with E-state index in [0.717, 1.165) is 17.8 Å². The van der Waals surface area contributed by atoms with E-state index in [0.29, 0.717) is 5.69 Å². The zero-order chi connectivity index (χ0) is 20.8. The van der Waals surface area contributed by atoms with E-state index in [1.807, 2.05) is 0 Å². The molecule has 1 aromatic heterocycles. The number of benzene rings is 2. The largest absolute Gasteiger partial charge is 0.481 e. The van der Waals surface area contributed by atoms with Crippen LogP contribution in [0.25, 0.3) is 5.69 Å². The molecule has 0 spiro atoms. The summed E-state index contributed by atoms with van der Waals surface area (Å²) in [6.45, 7) is 1.16. The highest BCUT2D eigenvalue weighted by atomic mass is 19.2. The molecule has 0 aliphatic heterocycles. The van der Waals surface area contributed by atoms with Gasteiger partial charge >= 0.3 is 0 Å². The lowest BCUT2D eigenvalue weighted by Crippen LogP contribution is -2.40. The molecule has 0 aliphatic rings. The summed E-state index contributed by atoms with van der Waals surface area (Å²) in [7, 11) is 0. The van der Waals surface area contributed by atoms with Gasteiger partial charge in [-0.1, -0.05) is 0 Å². The van der Waals surface area contributed by atoms with Crippen molar-refractivity contribution >= 4 is 17.5 Å². The molecule has 0 radical (unpaired) electrons. The Balaban J connectivity index is 1.46. The smallest absolute Gasteiger partial charge is 0.261 e. The molecule has 0 fully saturated rings. The van der Waals surface area contributed by atoms with Crippen molar-refractivity contribution in [1.82, 2.24) is 15.1 Å². The molecule has 0 saturated carbocycles. The van der Waals surface area contributed by atoms with Crippen molar-refractivity contribution in [3.63, 3.8) is 0 Å². The number of hydrogen-bond donors (Lipinski definition) is 2. The Labute approximate surface area is 165 Å². The summed E-state index contributed by atoms with van der Waals surface area (Å²) < 4.78 is 33.0. The Morgan fingerprint density at radius 1 is 1.14 bits per heavy atom. The molecule has 1 heterocycles. The molecule has 3 aromatic rings. The maximum absolute atomic E-state index is 13.2. The van der Waals surface area contributed by atoms with Gasteiger partial charge in [0.05, 0.1) is 12.2 Å². The molecule has 150 valence electrons. The minimum Gasteiger partial charge on any atom is -0.481 e. The summed E-state index contributed by atoms with van der Waals surface area (Å²) in [6.07, 6.45) is 2.46. The van der Waals surface area contributed by atoms with Gasteiger partial charge in [0.15, 0.2) is 17.7 Å². The van der Waals surface area contributed by atoms with Gasteiger partial charge in [-0.25, -0.2) is 13.5 Å². The highest BCUT2D eigenvalue weighted by Crippen LogP contribution is 2.17. The fourth-order valence-electron chi connectivity index (χ4n) is 2.44. The Bertz CT molecular complexity index is 991. The Morgan fingerprint density at radius 3 is 2.55 bits per heavy atom. The Kier molecular flexibility index (Phi) is 6.18. The zero-order valence-electron chi connectivity index (χ0n) is 15.4. The van der Waals surface area contributed by atoms with Crippen LogP contribution in [0.4, 0.5) is 14.5 Å². The van der Waals surface area contributed by atoms with Gasteiger partial charge in [-0.15, -0.1) is 0 Å². The van der Waals surface area contributed by atoms with Gasteiger partial charge in [-0.2, -0.15) is 5.10 Å². The molecular formula is C20H18F2N4O3. The monoisotopic (exact) mass is 400 g/mol. The van der Waals surface area contributed by atoms with Crippen molar-refractivity contribution < 1.29 is 23.1 Å². The normalized spacial score (nSPS) is 11.6. The maximum Gasteiger partial charge on any atom is 0.261 e. The molecule has 29 heavy (non-hydrogen) atoms. The van der Waals surface area contributed by atoms with Crippen LogP contribution in [0.3, 0.4) is 0 Å². The van der Waals surface area contributed by atoms with Crippen molar-refractivity contribution in [2.24, 2.45) is 0 Å². The van der Waals surface area contributed by atoms with Crippen LogP contribution >= 0.6 is 0 Å². The van der Waals surface area contributed by atoms with Gasteiger partial charge in [-0.3, -0.25) is 9.59 Å². The lowest BCUT2D eigenvalue weighted by atomic mass is 10.2. The summed E-state index contributed by atoms with van der Waals surface area (Å²) in [5.74, 6) is -3.07. The number of nitrogens with zero attached hydrogens (tertiary/aromatic N) is 2. The molecule has 2 amide bonds. The first kappa shape index (κ1) is 20.0. The number of ether oxygens (including phenoxy) is 1. The second-order valence-corrected chi connectivity index (χ2v) is 6.10. The van der Waals surface area contributed by atoms with Gasteiger partial charge in [0.2, 0.25) is 5.91 Å². The molecule has 1 unspecified atom stereocenters. The second kappa shape index (κ2) is 8.96. The average molecular weight is 400 g/mol. The summed E-state index contributed by atoms with van der Waals surface area (Å²) in [6, 6.07) is 11.8. The highest BCUT2D eigenvalue weighted by molar-refractivity contribution is 5.95. The number of anilines is 1. The number of carbonyl (C=O) groups excluding carboxylic acids is 2. The number of carbonyl (C=O) groups is 2. The van der Waals surface area contributed by atoms with Crippen LogP contribution in [0.2, 0.25) is 0 Å². The van der Waals surface area contributed by atoms with Crippen LogP contribution in [0.1, 0.15) is 6.92 Å². The number of hydrogen-bond acceptors (Lipinski definition) is 4. The van der Waals surface area contributed by atoms with E-state index in [1.54, 1.807) is 47.4 Å². The minimum atomic E-state index is -1.08. The van der Waals surface area contributed by atoms with Crippen LogP contribution in [-0.4, -0.2) is 34.2 Å². The molecule has 0 aliphatic carbocycles. The van der Waals surface area contributed by atoms with Gasteiger partial charge < -0.3 is 15.4 Å². The van der Waals surface area contributed by atoms with Gasteiger partial charge in [0, 0.05) is 24.1 Å². The first-order chi connectivity index (χ1) is 13.9. The number of rotatable bonds is 7. The summed E-state index contributed by atoms with van der Waals surface area (Å²) >= 11 is 0. The van der Waals surface area contributed by atoms with E-state index in [-0.39, 0.29) is 12.3 Å². The van der Waals surface area contributed by atoms with Crippen LogP contribution in [-0.2, 0) is 9.59 Å². The number of halogens is 2. The predicted octanol–water partition coefficient (Wildman–Crippen LogP) is 2.67. The predicted molar refractivity (Wildman–Crippen MR) is 102 cm³/mol. The SMILES string of the molecule is CC(Oc1ccc(F)c(F)c1)C(=O)NCC(=O)Nc1ccc(-n2cccn2)cc1. The van der Waals surface area contributed by atoms with Gasteiger partial charge in [-0.05, 0) is 49.4 Å². The average Bonchev–Trinajstić information content (AvgIpc) is 3.24. The first-order valence-electron chi connectivity index (χ1n) is 8.72. The summed E-state index contributed by atoms with van der Waals surface area (Å²) in [4.78, 5) is 24.1. The van der Waals surface area contributed by atoms with E-state index in [9.17, 15) is 18.4 Å². The fourth-order valence-corrected chi connectivity index (χ4v) is 2.44. The first-order valence-corrected chi connectivity index (χ1v) is 8.72. The molecule has 0 saturated heterocycles. The quantitative estimate of drug-likeness (QED) is 0.639. The van der Waals surface area contributed by atoms with E-state index in [4.69, 9.17) is 4.74 Å². The number of amides is 2. The van der Waals surface area contributed by atoms with E-state index in [1.165, 1.54) is 13.0 Å². The molecule has 7 nitrogen and oxygen atoms in total. The van der Waals surface area contributed by atoms with Crippen LogP contribution in [0.15, 0.2) is 60.9 Å². The third-order valence-electron chi connectivity index (χ3n) is 3.92. The molecule has 2 aromatic carbocycles. The maximum atomic E-state index is 13.2. The topological polar surface area (TPSA) is 85.2 Å². The summed E-state index contributed by atoms with van der Waals surface area (Å²) in [5.41, 5.74) is 1.40. The molecule has 1 atom stereocenters. The number of aromatic nitrogens is 2. The van der Waals surface area contributed by atoms with E-state index < -0.39 is 29.6 Å². The standard InChI is InChI=1S/C20H18F2N4O3/c1-13(29-16-7-8-17(21)18(22)11-16)20(28)23-12-19(27)25-14-3-5-15(6-4-14)26-10-2-9-24-26/h2-11,13H,12H2,1H3,(H,23,28)(H,25,27). The Morgan fingerprint density at radius 2 is 1.90 bits per heavy atom. The van der Waals surface area contributed by atoms with E-state index >= 15 is 0 Å². The minimum absolute atomic E-state index is 0.00766. The van der Waals surface area contributed by atoms with Crippen LogP contribution in [0, 0.1) is 11.6 Å². The lowest BCUT2D eigenvalue weighted by Gasteiger charge is -2.15. The zero-order valence-corrected chi connectivity index (χ0v) is 15.4. The molecule has 9 heteroatoms. The highest BCUT2D eigenvalue weighted by Gasteiger charge is 2.16. The number of nitrogens with one attached hydrogen (secondary N) is 2. The van der Waals surface area contributed by atoms with Crippen molar-refractivity contribution in [1.29, 1.82) is 0 Å². The van der Waals surface area contributed by atoms with Crippen LogP contribution < -0.4 is 15.4 Å². The third-order valence-corrected chi connectivity index (χ3v) is 3.92. The third kappa shape index (κ3) is 5.38. The van der Waals surface area contributed by atoms with Crippen molar-refractivity contribution in [3.05, 3.63) is 72.6 Å². The van der Waals surface area contributed by atoms with Crippen molar-refractivity contribution in [3.8, 4) is 11.4 Å². The Hall–Kier alpha value is -3.75. The van der Waals surface area contributed by atoms with Crippen molar-refractivity contribution in [2.75, 3.05) is 11.9 Å². The van der Waals surface area contributed by atoms with Gasteiger partial charge in [0.1, 0.15) is 5.75 Å². The summed E-state index contributed by atoms with van der Waals surface area (Å²) in [5, 5.41) is 9.19. The molecule has 3 rings (SSSR count). The van der Waals surface area contributed by atoms with E-state index in [2.05, 4.69) is 15.7 Å². The fraction of sp³-hybridized carbons (Fsp3) is 0.150. The van der Waals surface area contributed by atoms with Gasteiger partial charge in [0.25, 0.3) is 5.91 Å².